The number of carbonyl (C=O) groups is 1. The van der Waals surface area contributed by atoms with Gasteiger partial charge in [-0.05, 0) is 24.5 Å². The van der Waals surface area contributed by atoms with Crippen LogP contribution in [0.1, 0.15) is 38.0 Å². The van der Waals surface area contributed by atoms with Crippen LogP contribution in [0.2, 0.25) is 0 Å². The first-order valence-corrected chi connectivity index (χ1v) is 6.16. The zero-order valence-electron chi connectivity index (χ0n) is 11.1. The first kappa shape index (κ1) is 14.7. The maximum atomic E-state index is 11.1. The third kappa shape index (κ3) is 4.47. The summed E-state index contributed by atoms with van der Waals surface area (Å²) in [5.41, 5.74) is 1.78. The van der Waals surface area contributed by atoms with Crippen molar-refractivity contribution in [2.24, 2.45) is 0 Å². The van der Waals surface area contributed by atoms with E-state index in [-0.39, 0.29) is 6.04 Å². The second-order valence-electron chi connectivity index (χ2n) is 4.83. The molecule has 1 aromatic rings. The maximum absolute atomic E-state index is 11.1. The molecule has 0 saturated heterocycles. The van der Waals surface area contributed by atoms with Gasteiger partial charge in [0, 0.05) is 6.04 Å². The predicted molar refractivity (Wildman–Crippen MR) is 70.5 cm³/mol. The number of hydrogen-bond donors (Lipinski definition) is 3. The van der Waals surface area contributed by atoms with Gasteiger partial charge in [-0.3, -0.25) is 4.79 Å². The SMILES string of the molecule is CC(C)NC(Cc1ccc(C(C)O)cc1)C(=O)O. The molecule has 0 heterocycles. The second-order valence-corrected chi connectivity index (χ2v) is 4.83. The van der Waals surface area contributed by atoms with Gasteiger partial charge in [0.15, 0.2) is 0 Å². The summed E-state index contributed by atoms with van der Waals surface area (Å²) in [4.78, 5) is 11.1. The molecule has 2 atom stereocenters. The lowest BCUT2D eigenvalue weighted by molar-refractivity contribution is -0.139. The number of rotatable bonds is 6. The minimum atomic E-state index is -0.844. The highest BCUT2D eigenvalue weighted by atomic mass is 16.4. The molecule has 0 aliphatic heterocycles. The first-order valence-electron chi connectivity index (χ1n) is 6.16. The van der Waals surface area contributed by atoms with Crippen LogP contribution in [0.5, 0.6) is 0 Å². The van der Waals surface area contributed by atoms with Crippen molar-refractivity contribution in [3.8, 4) is 0 Å². The molecule has 0 aliphatic rings. The molecule has 4 nitrogen and oxygen atoms in total. The number of carboxylic acids is 1. The Morgan fingerprint density at radius 3 is 2.17 bits per heavy atom. The second kappa shape index (κ2) is 6.52. The molecule has 0 spiro atoms. The summed E-state index contributed by atoms with van der Waals surface area (Å²) in [6.07, 6.45) is -0.0590. The van der Waals surface area contributed by atoms with Crippen molar-refractivity contribution in [1.29, 1.82) is 0 Å². The summed E-state index contributed by atoms with van der Waals surface area (Å²) >= 11 is 0. The quantitative estimate of drug-likeness (QED) is 0.720. The van der Waals surface area contributed by atoms with Gasteiger partial charge in [0.05, 0.1) is 6.10 Å². The van der Waals surface area contributed by atoms with Gasteiger partial charge in [-0.25, -0.2) is 0 Å². The molecule has 1 rings (SSSR count). The largest absolute Gasteiger partial charge is 0.480 e. The Hall–Kier alpha value is -1.39. The van der Waals surface area contributed by atoms with Crippen LogP contribution < -0.4 is 5.32 Å². The fourth-order valence-corrected chi connectivity index (χ4v) is 1.79. The van der Waals surface area contributed by atoms with E-state index in [1.54, 1.807) is 6.92 Å². The molecule has 2 unspecified atom stereocenters. The molecule has 0 radical (unpaired) electrons. The van der Waals surface area contributed by atoms with Crippen molar-refractivity contribution in [3.05, 3.63) is 35.4 Å². The van der Waals surface area contributed by atoms with E-state index in [2.05, 4.69) is 5.32 Å². The van der Waals surface area contributed by atoms with E-state index in [9.17, 15) is 9.90 Å². The van der Waals surface area contributed by atoms with Gasteiger partial charge in [-0.1, -0.05) is 38.1 Å². The molecular formula is C14H21NO3. The standard InChI is InChI=1S/C14H21NO3/c1-9(2)15-13(14(17)18)8-11-4-6-12(7-5-11)10(3)16/h4-7,9-10,13,15-16H,8H2,1-3H3,(H,17,18). The minimum Gasteiger partial charge on any atom is -0.480 e. The fraction of sp³-hybridized carbons (Fsp3) is 0.500. The van der Waals surface area contributed by atoms with Crippen LogP contribution in [-0.2, 0) is 11.2 Å². The Bertz CT molecular complexity index is 385. The average Bonchev–Trinajstić information content (AvgIpc) is 2.28. The first-order chi connectivity index (χ1) is 8.40. The molecule has 0 saturated carbocycles. The van der Waals surface area contributed by atoms with Crippen LogP contribution in [0.25, 0.3) is 0 Å². The van der Waals surface area contributed by atoms with E-state index in [0.29, 0.717) is 6.42 Å². The normalized spacial score (nSPS) is 14.5. The molecule has 0 fully saturated rings. The fourth-order valence-electron chi connectivity index (χ4n) is 1.79. The minimum absolute atomic E-state index is 0.128. The molecule has 18 heavy (non-hydrogen) atoms. The van der Waals surface area contributed by atoms with E-state index >= 15 is 0 Å². The highest BCUT2D eigenvalue weighted by molar-refractivity contribution is 5.74. The van der Waals surface area contributed by atoms with Crippen LogP contribution in [0.4, 0.5) is 0 Å². The van der Waals surface area contributed by atoms with Gasteiger partial charge >= 0.3 is 5.97 Å². The lowest BCUT2D eigenvalue weighted by Gasteiger charge is -2.17. The summed E-state index contributed by atoms with van der Waals surface area (Å²) in [5, 5.41) is 21.5. The van der Waals surface area contributed by atoms with E-state index in [1.165, 1.54) is 0 Å². The Labute approximate surface area is 108 Å². The Balaban J connectivity index is 2.72. The number of hydrogen-bond acceptors (Lipinski definition) is 3. The van der Waals surface area contributed by atoms with Gasteiger partial charge in [0.25, 0.3) is 0 Å². The van der Waals surface area contributed by atoms with Gasteiger partial charge in [-0.15, -0.1) is 0 Å². The van der Waals surface area contributed by atoms with Crippen LogP contribution in [0, 0.1) is 0 Å². The van der Waals surface area contributed by atoms with E-state index in [4.69, 9.17) is 5.11 Å². The maximum Gasteiger partial charge on any atom is 0.321 e. The zero-order valence-corrected chi connectivity index (χ0v) is 11.1. The monoisotopic (exact) mass is 251 g/mol. The number of carboxylic acid groups (broad SMARTS) is 1. The van der Waals surface area contributed by atoms with Crippen molar-refractivity contribution in [2.45, 2.75) is 45.4 Å². The number of nitrogens with one attached hydrogen (secondary N) is 1. The Morgan fingerprint density at radius 1 is 1.22 bits per heavy atom. The third-order valence-electron chi connectivity index (χ3n) is 2.73. The number of aliphatic carboxylic acids is 1. The van der Waals surface area contributed by atoms with E-state index in [1.807, 2.05) is 38.1 Å². The Kier molecular flexibility index (Phi) is 5.31. The molecule has 0 aromatic heterocycles. The van der Waals surface area contributed by atoms with Crippen molar-refractivity contribution in [3.63, 3.8) is 0 Å². The third-order valence-corrected chi connectivity index (χ3v) is 2.73. The van der Waals surface area contributed by atoms with Crippen molar-refractivity contribution in [2.75, 3.05) is 0 Å². The van der Waals surface area contributed by atoms with Gasteiger partial charge in [0.2, 0.25) is 0 Å². The lowest BCUT2D eigenvalue weighted by atomic mass is 10.0. The van der Waals surface area contributed by atoms with E-state index < -0.39 is 18.1 Å². The molecule has 4 heteroatoms. The Morgan fingerprint density at radius 2 is 1.78 bits per heavy atom. The summed E-state index contributed by atoms with van der Waals surface area (Å²) in [6, 6.07) is 6.92. The highest BCUT2D eigenvalue weighted by Crippen LogP contribution is 2.14. The molecule has 0 amide bonds. The number of benzene rings is 1. The van der Waals surface area contributed by atoms with Crippen LogP contribution >= 0.6 is 0 Å². The van der Waals surface area contributed by atoms with Crippen LogP contribution in [0.3, 0.4) is 0 Å². The van der Waals surface area contributed by atoms with Crippen molar-refractivity contribution < 1.29 is 15.0 Å². The number of aliphatic hydroxyl groups excluding tert-OH is 1. The van der Waals surface area contributed by atoms with Gasteiger partial charge in [0.1, 0.15) is 6.04 Å². The molecule has 3 N–H and O–H groups in total. The number of aliphatic hydroxyl groups is 1. The molecule has 1 aromatic carbocycles. The smallest absolute Gasteiger partial charge is 0.321 e. The van der Waals surface area contributed by atoms with Crippen molar-refractivity contribution >= 4 is 5.97 Å². The lowest BCUT2D eigenvalue weighted by Crippen LogP contribution is -2.42. The summed E-state index contributed by atoms with van der Waals surface area (Å²) in [7, 11) is 0. The summed E-state index contributed by atoms with van der Waals surface area (Å²) in [5.74, 6) is -0.844. The average molecular weight is 251 g/mol. The van der Waals surface area contributed by atoms with Gasteiger partial charge < -0.3 is 15.5 Å². The van der Waals surface area contributed by atoms with Gasteiger partial charge in [-0.2, -0.15) is 0 Å². The predicted octanol–water partition coefficient (Wildman–Crippen LogP) is 1.73. The zero-order chi connectivity index (χ0) is 13.7. The highest BCUT2D eigenvalue weighted by Gasteiger charge is 2.18. The molecule has 100 valence electrons. The molecular weight excluding hydrogens is 230 g/mol. The summed E-state index contributed by atoms with van der Waals surface area (Å²) in [6.45, 7) is 5.55. The topological polar surface area (TPSA) is 69.6 Å². The van der Waals surface area contributed by atoms with Crippen LogP contribution in [0.15, 0.2) is 24.3 Å². The summed E-state index contributed by atoms with van der Waals surface area (Å²) < 4.78 is 0. The van der Waals surface area contributed by atoms with E-state index in [0.717, 1.165) is 11.1 Å². The molecule has 0 bridgehead atoms. The molecule has 0 aliphatic carbocycles. The van der Waals surface area contributed by atoms with Crippen molar-refractivity contribution in [1.82, 2.24) is 5.32 Å². The van der Waals surface area contributed by atoms with Crippen LogP contribution in [-0.4, -0.2) is 28.3 Å².